The number of hydrogen-bond donors (Lipinski definition) is 1. The predicted molar refractivity (Wildman–Crippen MR) is 55.8 cm³/mol. The van der Waals surface area contributed by atoms with Crippen molar-refractivity contribution in [1.82, 2.24) is 0 Å². The number of benzene rings is 1. The van der Waals surface area contributed by atoms with Crippen molar-refractivity contribution in [3.05, 3.63) is 35.4 Å². The van der Waals surface area contributed by atoms with Gasteiger partial charge in [-0.2, -0.15) is 0 Å². The van der Waals surface area contributed by atoms with Gasteiger partial charge in [-0.25, -0.2) is 0 Å². The number of carboxylic acid groups (broad SMARTS) is 1. The second-order valence-electron chi connectivity index (χ2n) is 4.24. The summed E-state index contributed by atoms with van der Waals surface area (Å²) >= 11 is 0. The number of aryl methyl sites for hydroxylation is 1. The molecule has 0 spiro atoms. The largest absolute Gasteiger partial charge is 0.481 e. The Morgan fingerprint density at radius 1 is 1.53 bits per heavy atom. The molecule has 0 radical (unpaired) electrons. The van der Waals surface area contributed by atoms with Crippen LogP contribution in [0.25, 0.3) is 0 Å². The van der Waals surface area contributed by atoms with Gasteiger partial charge in [-0.3, -0.25) is 4.79 Å². The first-order chi connectivity index (χ1) is 7.12. The molecule has 0 aliphatic carbocycles. The summed E-state index contributed by atoms with van der Waals surface area (Å²) in [6, 6.07) is 7.97. The van der Waals surface area contributed by atoms with Gasteiger partial charge >= 0.3 is 5.97 Å². The smallest absolute Gasteiger partial charge is 0.314 e. The number of rotatable bonds is 3. The molecule has 1 aromatic rings. The Bertz CT molecular complexity index is 380. The van der Waals surface area contributed by atoms with Gasteiger partial charge in [0, 0.05) is 0 Å². The lowest BCUT2D eigenvalue weighted by Crippen LogP contribution is -2.50. The first-order valence-corrected chi connectivity index (χ1v) is 4.99. The second kappa shape index (κ2) is 3.66. The molecule has 1 aliphatic rings. The van der Waals surface area contributed by atoms with Crippen molar-refractivity contribution in [3.8, 4) is 0 Å². The van der Waals surface area contributed by atoms with Gasteiger partial charge in [0.2, 0.25) is 0 Å². The minimum absolute atomic E-state index is 0.330. The van der Waals surface area contributed by atoms with Crippen LogP contribution >= 0.6 is 0 Å². The normalized spacial score (nSPS) is 18.2. The predicted octanol–water partition coefficient (Wildman–Crippen LogP) is 1.64. The molecular weight excluding hydrogens is 192 g/mol. The van der Waals surface area contributed by atoms with E-state index in [1.807, 2.05) is 31.2 Å². The summed E-state index contributed by atoms with van der Waals surface area (Å²) in [5, 5.41) is 9.13. The SMILES string of the molecule is Cc1cccc(CC2(C(=O)O)COC2)c1. The Hall–Kier alpha value is -1.35. The van der Waals surface area contributed by atoms with Gasteiger partial charge in [0.25, 0.3) is 0 Å². The molecule has 1 aliphatic heterocycles. The van der Waals surface area contributed by atoms with Crippen LogP contribution in [0.2, 0.25) is 0 Å². The molecule has 1 heterocycles. The Kier molecular flexibility index (Phi) is 2.49. The third-order valence-corrected chi connectivity index (χ3v) is 2.84. The number of carboxylic acids is 1. The summed E-state index contributed by atoms with van der Waals surface area (Å²) in [7, 11) is 0. The zero-order valence-electron chi connectivity index (χ0n) is 8.69. The molecule has 15 heavy (non-hydrogen) atoms. The van der Waals surface area contributed by atoms with E-state index in [9.17, 15) is 4.79 Å². The van der Waals surface area contributed by atoms with Crippen LogP contribution in [0.1, 0.15) is 11.1 Å². The van der Waals surface area contributed by atoms with E-state index in [2.05, 4.69) is 0 Å². The van der Waals surface area contributed by atoms with E-state index in [1.54, 1.807) is 0 Å². The molecule has 0 aromatic heterocycles. The summed E-state index contributed by atoms with van der Waals surface area (Å²) in [5.74, 6) is -0.754. The van der Waals surface area contributed by atoms with Gasteiger partial charge in [0.05, 0.1) is 13.2 Å². The summed E-state index contributed by atoms with van der Waals surface area (Å²) < 4.78 is 5.02. The second-order valence-corrected chi connectivity index (χ2v) is 4.24. The molecule has 0 bridgehead atoms. The van der Waals surface area contributed by atoms with Crippen molar-refractivity contribution in [2.45, 2.75) is 13.3 Å². The van der Waals surface area contributed by atoms with Crippen LogP contribution in [0.5, 0.6) is 0 Å². The molecule has 2 rings (SSSR count). The maximum atomic E-state index is 11.1. The lowest BCUT2D eigenvalue weighted by atomic mass is 9.80. The van der Waals surface area contributed by atoms with Crippen LogP contribution in [-0.2, 0) is 16.0 Å². The van der Waals surface area contributed by atoms with E-state index in [4.69, 9.17) is 9.84 Å². The quantitative estimate of drug-likeness (QED) is 0.817. The maximum absolute atomic E-state index is 11.1. The standard InChI is InChI=1S/C12H14O3/c1-9-3-2-4-10(5-9)6-12(11(13)14)7-15-8-12/h2-5H,6-8H2,1H3,(H,13,14). The fraction of sp³-hybridized carbons (Fsp3) is 0.417. The molecule has 0 atom stereocenters. The van der Waals surface area contributed by atoms with Crippen molar-refractivity contribution in [2.24, 2.45) is 5.41 Å². The maximum Gasteiger partial charge on any atom is 0.314 e. The molecule has 0 amide bonds. The van der Waals surface area contributed by atoms with Crippen molar-refractivity contribution in [2.75, 3.05) is 13.2 Å². The Morgan fingerprint density at radius 3 is 2.73 bits per heavy atom. The molecule has 80 valence electrons. The number of aliphatic carboxylic acids is 1. The fourth-order valence-electron chi connectivity index (χ4n) is 1.86. The van der Waals surface area contributed by atoms with Crippen LogP contribution < -0.4 is 0 Å². The van der Waals surface area contributed by atoms with Gasteiger partial charge < -0.3 is 9.84 Å². The molecule has 0 unspecified atom stereocenters. The highest BCUT2D eigenvalue weighted by atomic mass is 16.5. The van der Waals surface area contributed by atoms with Gasteiger partial charge in [0.1, 0.15) is 5.41 Å². The topological polar surface area (TPSA) is 46.5 Å². The Morgan fingerprint density at radius 2 is 2.27 bits per heavy atom. The third-order valence-electron chi connectivity index (χ3n) is 2.84. The van der Waals surface area contributed by atoms with Crippen LogP contribution in [0, 0.1) is 12.3 Å². The van der Waals surface area contributed by atoms with Crippen molar-refractivity contribution >= 4 is 5.97 Å². The van der Waals surface area contributed by atoms with Crippen molar-refractivity contribution in [1.29, 1.82) is 0 Å². The lowest BCUT2D eigenvalue weighted by molar-refractivity contribution is -0.179. The van der Waals surface area contributed by atoms with Crippen LogP contribution in [-0.4, -0.2) is 24.3 Å². The molecule has 3 nitrogen and oxygen atoms in total. The van der Waals surface area contributed by atoms with E-state index in [1.165, 1.54) is 0 Å². The Balaban J connectivity index is 2.17. The average Bonchev–Trinajstić information content (AvgIpc) is 2.11. The van der Waals surface area contributed by atoms with Gasteiger partial charge in [-0.1, -0.05) is 29.8 Å². The van der Waals surface area contributed by atoms with Crippen LogP contribution in [0.15, 0.2) is 24.3 Å². The summed E-state index contributed by atoms with van der Waals surface area (Å²) in [4.78, 5) is 11.1. The summed E-state index contributed by atoms with van der Waals surface area (Å²) in [5.41, 5.74) is 1.54. The lowest BCUT2D eigenvalue weighted by Gasteiger charge is -2.37. The zero-order chi connectivity index (χ0) is 10.9. The molecule has 1 fully saturated rings. The molecular formula is C12H14O3. The molecule has 0 saturated carbocycles. The van der Waals surface area contributed by atoms with Crippen LogP contribution in [0.4, 0.5) is 0 Å². The van der Waals surface area contributed by atoms with E-state index >= 15 is 0 Å². The fourth-order valence-corrected chi connectivity index (χ4v) is 1.86. The van der Waals surface area contributed by atoms with Crippen molar-refractivity contribution in [3.63, 3.8) is 0 Å². The number of carbonyl (C=O) groups is 1. The zero-order valence-corrected chi connectivity index (χ0v) is 8.69. The van der Waals surface area contributed by atoms with Gasteiger partial charge in [-0.15, -0.1) is 0 Å². The van der Waals surface area contributed by atoms with Gasteiger partial charge in [-0.05, 0) is 18.9 Å². The number of hydrogen-bond acceptors (Lipinski definition) is 2. The first kappa shape index (κ1) is 10.2. The highest BCUT2D eigenvalue weighted by Gasteiger charge is 2.46. The molecule has 1 N–H and O–H groups in total. The average molecular weight is 206 g/mol. The number of ether oxygens (including phenoxy) is 1. The minimum Gasteiger partial charge on any atom is -0.481 e. The van der Waals surface area contributed by atoms with Crippen molar-refractivity contribution < 1.29 is 14.6 Å². The van der Waals surface area contributed by atoms with E-state index in [-0.39, 0.29) is 0 Å². The van der Waals surface area contributed by atoms with E-state index in [0.29, 0.717) is 19.6 Å². The summed E-state index contributed by atoms with van der Waals surface area (Å²) in [6.45, 7) is 2.67. The van der Waals surface area contributed by atoms with Crippen LogP contribution in [0.3, 0.4) is 0 Å². The summed E-state index contributed by atoms with van der Waals surface area (Å²) in [6.07, 6.45) is 0.560. The third kappa shape index (κ3) is 1.88. The minimum atomic E-state index is -0.754. The van der Waals surface area contributed by atoms with Gasteiger partial charge in [0.15, 0.2) is 0 Å². The van der Waals surface area contributed by atoms with E-state index < -0.39 is 11.4 Å². The van der Waals surface area contributed by atoms with E-state index in [0.717, 1.165) is 11.1 Å². The molecule has 3 heteroatoms. The Labute approximate surface area is 88.7 Å². The highest BCUT2D eigenvalue weighted by molar-refractivity contribution is 5.76. The monoisotopic (exact) mass is 206 g/mol. The molecule has 1 aromatic carbocycles. The first-order valence-electron chi connectivity index (χ1n) is 4.99. The highest BCUT2D eigenvalue weighted by Crippen LogP contribution is 2.32. The molecule has 1 saturated heterocycles.